The summed E-state index contributed by atoms with van der Waals surface area (Å²) in [5.41, 5.74) is 3.66. The number of nitriles is 1. The highest BCUT2D eigenvalue weighted by atomic mass is 15.3. The highest BCUT2D eigenvalue weighted by Crippen LogP contribution is 2.31. The molecule has 2 atom stereocenters. The van der Waals surface area contributed by atoms with Gasteiger partial charge in [-0.2, -0.15) is 10.4 Å². The number of anilines is 2. The van der Waals surface area contributed by atoms with Crippen LogP contribution >= 0.6 is 0 Å². The summed E-state index contributed by atoms with van der Waals surface area (Å²) in [7, 11) is 0. The molecule has 0 saturated carbocycles. The number of hydrogen-bond donors (Lipinski definition) is 1. The quantitative estimate of drug-likeness (QED) is 0.675. The van der Waals surface area contributed by atoms with E-state index in [9.17, 15) is 5.26 Å². The first-order valence-corrected chi connectivity index (χ1v) is 11.4. The number of pyridine rings is 1. The van der Waals surface area contributed by atoms with Gasteiger partial charge in [-0.3, -0.25) is 4.90 Å². The maximum absolute atomic E-state index is 9.39. The van der Waals surface area contributed by atoms with Crippen LogP contribution in [-0.2, 0) is 0 Å². The second-order valence-corrected chi connectivity index (χ2v) is 9.00. The SMILES string of the molecule is Cc1c(C#N)cccc1[C@@H](C)Nc1nnc(C)c2cnc(N3CCN4CCC[C@@H]4C3)cc12. The number of hydrogen-bond acceptors (Lipinski definition) is 7. The van der Waals surface area contributed by atoms with Gasteiger partial charge in [0.15, 0.2) is 5.82 Å². The first-order valence-electron chi connectivity index (χ1n) is 11.4. The second kappa shape index (κ2) is 8.36. The van der Waals surface area contributed by atoms with Gasteiger partial charge in [0.25, 0.3) is 0 Å². The van der Waals surface area contributed by atoms with Gasteiger partial charge in [-0.25, -0.2) is 4.98 Å². The van der Waals surface area contributed by atoms with Crippen molar-refractivity contribution in [3.63, 3.8) is 0 Å². The van der Waals surface area contributed by atoms with E-state index in [0.29, 0.717) is 11.6 Å². The molecule has 32 heavy (non-hydrogen) atoms. The Morgan fingerprint density at radius 3 is 2.88 bits per heavy atom. The van der Waals surface area contributed by atoms with Crippen LogP contribution in [-0.4, -0.2) is 52.3 Å². The predicted octanol–water partition coefficient (Wildman–Crippen LogP) is 3.97. The average molecular weight is 428 g/mol. The molecule has 164 valence electrons. The van der Waals surface area contributed by atoms with E-state index >= 15 is 0 Å². The summed E-state index contributed by atoms with van der Waals surface area (Å²) >= 11 is 0. The molecule has 2 aromatic heterocycles. The van der Waals surface area contributed by atoms with Crippen LogP contribution in [0.15, 0.2) is 30.5 Å². The zero-order chi connectivity index (χ0) is 22.2. The number of aromatic nitrogens is 3. The van der Waals surface area contributed by atoms with E-state index in [1.807, 2.05) is 32.2 Å². The molecule has 3 aromatic rings. The molecule has 1 aromatic carbocycles. The van der Waals surface area contributed by atoms with Gasteiger partial charge in [0.2, 0.25) is 0 Å². The predicted molar refractivity (Wildman–Crippen MR) is 127 cm³/mol. The van der Waals surface area contributed by atoms with Crippen LogP contribution in [0.1, 0.15) is 48.2 Å². The van der Waals surface area contributed by atoms with Crippen LogP contribution < -0.4 is 10.2 Å². The van der Waals surface area contributed by atoms with Gasteiger partial charge in [-0.05, 0) is 63.4 Å². The van der Waals surface area contributed by atoms with Gasteiger partial charge in [-0.15, -0.1) is 5.10 Å². The Balaban J connectivity index is 1.47. The first kappa shape index (κ1) is 20.7. The van der Waals surface area contributed by atoms with Gasteiger partial charge < -0.3 is 10.2 Å². The van der Waals surface area contributed by atoms with Crippen LogP contribution in [0.25, 0.3) is 10.8 Å². The Hall–Kier alpha value is -3.24. The van der Waals surface area contributed by atoms with Crippen molar-refractivity contribution < 1.29 is 0 Å². The molecule has 0 bridgehead atoms. The van der Waals surface area contributed by atoms with Gasteiger partial charge in [-0.1, -0.05) is 12.1 Å². The summed E-state index contributed by atoms with van der Waals surface area (Å²) in [6, 6.07) is 10.9. The summed E-state index contributed by atoms with van der Waals surface area (Å²) in [4.78, 5) is 9.82. The third-order valence-electron chi connectivity index (χ3n) is 7.06. The molecular weight excluding hydrogens is 398 g/mol. The van der Waals surface area contributed by atoms with E-state index in [4.69, 9.17) is 4.98 Å². The lowest BCUT2D eigenvalue weighted by Gasteiger charge is -2.38. The number of piperazine rings is 1. The number of aryl methyl sites for hydroxylation is 1. The molecule has 0 amide bonds. The molecule has 7 nitrogen and oxygen atoms in total. The fraction of sp³-hybridized carbons (Fsp3) is 0.440. The van der Waals surface area contributed by atoms with E-state index in [-0.39, 0.29) is 6.04 Å². The second-order valence-electron chi connectivity index (χ2n) is 9.00. The zero-order valence-corrected chi connectivity index (χ0v) is 19.0. The Kier molecular flexibility index (Phi) is 5.40. The van der Waals surface area contributed by atoms with E-state index in [0.717, 1.165) is 58.9 Å². The number of fused-ring (bicyclic) bond motifs is 2. The minimum atomic E-state index is -0.0119. The molecule has 2 aliphatic heterocycles. The lowest BCUT2D eigenvalue weighted by atomic mass is 9.98. The van der Waals surface area contributed by atoms with Crippen LogP contribution in [0.3, 0.4) is 0 Å². The normalized spacial score (nSPS) is 19.6. The van der Waals surface area contributed by atoms with E-state index in [2.05, 4.69) is 50.4 Å². The summed E-state index contributed by atoms with van der Waals surface area (Å²) in [6.45, 7) is 10.4. The minimum Gasteiger partial charge on any atom is -0.362 e. The third kappa shape index (κ3) is 3.65. The summed E-state index contributed by atoms with van der Waals surface area (Å²) in [5.74, 6) is 1.76. The fourth-order valence-electron chi connectivity index (χ4n) is 5.17. The van der Waals surface area contributed by atoms with Gasteiger partial charge >= 0.3 is 0 Å². The molecular formula is C25H29N7. The molecule has 0 unspecified atom stereocenters. The molecule has 5 rings (SSSR count). The van der Waals surface area contributed by atoms with E-state index in [1.165, 1.54) is 19.4 Å². The third-order valence-corrected chi connectivity index (χ3v) is 7.06. The summed E-state index contributed by atoms with van der Waals surface area (Å²) < 4.78 is 0. The smallest absolute Gasteiger partial charge is 0.157 e. The Morgan fingerprint density at radius 1 is 1.16 bits per heavy atom. The van der Waals surface area contributed by atoms with Crippen LogP contribution in [0.2, 0.25) is 0 Å². The fourth-order valence-corrected chi connectivity index (χ4v) is 5.17. The number of nitrogens with one attached hydrogen (secondary N) is 1. The van der Waals surface area contributed by atoms with Crippen molar-refractivity contribution in [3.05, 3.63) is 52.8 Å². The summed E-state index contributed by atoms with van der Waals surface area (Å²) in [6.07, 6.45) is 4.52. The monoisotopic (exact) mass is 427 g/mol. The van der Waals surface area contributed by atoms with E-state index < -0.39 is 0 Å². The standard InChI is InChI=1S/C25H29N7/c1-16-19(13-26)6-4-8-21(16)17(2)28-25-22-12-24(27-14-23(22)18(3)29-30-25)32-11-10-31-9-5-7-20(31)15-32/h4,6,8,12,14,17,20H,5,7,9-11,15H2,1-3H3,(H,28,30)/t17-,20-/m1/s1. The van der Waals surface area contributed by atoms with Crippen molar-refractivity contribution in [1.29, 1.82) is 5.26 Å². The van der Waals surface area contributed by atoms with Crippen LogP contribution in [0, 0.1) is 25.2 Å². The van der Waals surface area contributed by atoms with Gasteiger partial charge in [0.05, 0.1) is 23.4 Å². The zero-order valence-electron chi connectivity index (χ0n) is 19.0. The molecule has 1 N–H and O–H groups in total. The Bertz CT molecular complexity index is 1200. The Morgan fingerprint density at radius 2 is 2.03 bits per heavy atom. The van der Waals surface area contributed by atoms with Crippen molar-refractivity contribution >= 4 is 22.4 Å². The van der Waals surface area contributed by atoms with Crippen molar-refractivity contribution in [1.82, 2.24) is 20.1 Å². The maximum Gasteiger partial charge on any atom is 0.157 e. The molecule has 7 heteroatoms. The molecule has 2 fully saturated rings. The largest absolute Gasteiger partial charge is 0.362 e. The lowest BCUT2D eigenvalue weighted by molar-refractivity contribution is 0.230. The maximum atomic E-state index is 9.39. The van der Waals surface area contributed by atoms with Crippen LogP contribution in [0.4, 0.5) is 11.6 Å². The molecule has 0 aliphatic carbocycles. The number of nitrogens with zero attached hydrogens (tertiary/aromatic N) is 6. The lowest BCUT2D eigenvalue weighted by Crippen LogP contribution is -2.50. The highest BCUT2D eigenvalue weighted by Gasteiger charge is 2.31. The summed E-state index contributed by atoms with van der Waals surface area (Å²) in [5, 5.41) is 23.9. The molecule has 0 radical (unpaired) electrons. The van der Waals surface area contributed by atoms with Crippen molar-refractivity contribution in [2.24, 2.45) is 0 Å². The Labute approximate surface area is 189 Å². The van der Waals surface area contributed by atoms with E-state index in [1.54, 1.807) is 0 Å². The number of benzene rings is 1. The average Bonchev–Trinajstić information content (AvgIpc) is 3.29. The minimum absolute atomic E-state index is 0.0119. The van der Waals surface area contributed by atoms with Crippen molar-refractivity contribution in [3.8, 4) is 6.07 Å². The van der Waals surface area contributed by atoms with Gasteiger partial charge in [0.1, 0.15) is 5.82 Å². The van der Waals surface area contributed by atoms with Crippen molar-refractivity contribution in [2.75, 3.05) is 36.4 Å². The van der Waals surface area contributed by atoms with Crippen molar-refractivity contribution in [2.45, 2.75) is 45.7 Å². The molecule has 0 spiro atoms. The topological polar surface area (TPSA) is 81.0 Å². The molecule has 2 aliphatic rings. The van der Waals surface area contributed by atoms with Crippen LogP contribution in [0.5, 0.6) is 0 Å². The molecule has 2 saturated heterocycles. The first-order chi connectivity index (χ1) is 15.5. The molecule has 4 heterocycles. The number of rotatable bonds is 4. The highest BCUT2D eigenvalue weighted by molar-refractivity contribution is 5.94. The van der Waals surface area contributed by atoms with Gasteiger partial charge in [0, 0.05) is 42.6 Å².